The summed E-state index contributed by atoms with van der Waals surface area (Å²) in [4.78, 5) is 8.22. The fourth-order valence-electron chi connectivity index (χ4n) is 4.30. The van der Waals surface area contributed by atoms with Gasteiger partial charge in [-0.15, -0.1) is 0 Å². The Morgan fingerprint density at radius 3 is 2.86 bits per heavy atom. The summed E-state index contributed by atoms with van der Waals surface area (Å²) < 4.78 is 7.96. The third kappa shape index (κ3) is 1.67. The monoisotopic (exact) mass is 306 g/mol. The highest BCUT2D eigenvalue weighted by Crippen LogP contribution is 2.66. The Hall–Kier alpha value is -1.36. The predicted octanol–water partition coefficient (Wildman–Crippen LogP) is 3.37. The molecule has 2 aliphatic carbocycles. The molecule has 0 aliphatic heterocycles. The highest BCUT2D eigenvalue weighted by atomic mass is 35.5. The summed E-state index contributed by atoms with van der Waals surface area (Å²) in [7, 11) is 0. The van der Waals surface area contributed by atoms with Crippen molar-refractivity contribution in [3.63, 3.8) is 0 Å². The first-order valence-corrected chi connectivity index (χ1v) is 7.82. The Kier molecular flexibility index (Phi) is 2.60. The topological polar surface area (TPSA) is 52.3 Å². The maximum Gasteiger partial charge on any atom is 0.256 e. The zero-order valence-electron chi connectivity index (χ0n) is 12.5. The Bertz CT molecular complexity index is 713. The average molecular weight is 307 g/mol. The molecule has 6 heteroatoms. The molecule has 2 bridgehead atoms. The quantitative estimate of drug-likeness (QED) is 0.798. The van der Waals surface area contributed by atoms with Gasteiger partial charge in [0.15, 0.2) is 0 Å². The van der Waals surface area contributed by atoms with Gasteiger partial charge in [0.05, 0.1) is 0 Å². The van der Waals surface area contributed by atoms with E-state index >= 15 is 0 Å². The van der Waals surface area contributed by atoms with Gasteiger partial charge >= 0.3 is 0 Å². The van der Waals surface area contributed by atoms with Crippen LogP contribution in [0.1, 0.15) is 40.0 Å². The van der Waals surface area contributed by atoms with E-state index in [0.717, 1.165) is 12.3 Å². The van der Waals surface area contributed by atoms with Crippen LogP contribution < -0.4 is 4.74 Å². The SMILES string of the molecule is CC1(C)C2CCC1(C)C(Oc1cc(Cl)nc3ncnn13)C2. The minimum Gasteiger partial charge on any atom is -0.474 e. The molecule has 0 saturated heterocycles. The van der Waals surface area contributed by atoms with E-state index in [1.807, 2.05) is 0 Å². The molecule has 2 heterocycles. The highest BCUT2D eigenvalue weighted by Gasteiger charge is 2.62. The second-order valence-corrected chi connectivity index (χ2v) is 7.49. The number of aromatic nitrogens is 4. The van der Waals surface area contributed by atoms with Crippen molar-refractivity contribution >= 4 is 17.4 Å². The Morgan fingerprint density at radius 2 is 2.19 bits per heavy atom. The lowest BCUT2D eigenvalue weighted by atomic mass is 9.70. The van der Waals surface area contributed by atoms with E-state index in [2.05, 4.69) is 35.8 Å². The fourth-order valence-corrected chi connectivity index (χ4v) is 4.47. The lowest BCUT2D eigenvalue weighted by Gasteiger charge is -2.38. The molecule has 21 heavy (non-hydrogen) atoms. The summed E-state index contributed by atoms with van der Waals surface area (Å²) >= 11 is 6.06. The number of ether oxygens (including phenoxy) is 1. The maximum absolute atomic E-state index is 6.34. The van der Waals surface area contributed by atoms with Crippen LogP contribution in [0.5, 0.6) is 5.88 Å². The molecule has 4 rings (SSSR count). The van der Waals surface area contributed by atoms with Crippen molar-refractivity contribution in [2.24, 2.45) is 16.7 Å². The molecule has 0 amide bonds. The van der Waals surface area contributed by atoms with Crippen molar-refractivity contribution in [2.45, 2.75) is 46.1 Å². The summed E-state index contributed by atoms with van der Waals surface area (Å²) in [6.45, 7) is 7.10. The number of hydrogen-bond donors (Lipinski definition) is 0. The van der Waals surface area contributed by atoms with Gasteiger partial charge in [0.1, 0.15) is 17.6 Å². The van der Waals surface area contributed by atoms with Crippen molar-refractivity contribution in [3.8, 4) is 5.88 Å². The number of nitrogens with zero attached hydrogens (tertiary/aromatic N) is 4. The van der Waals surface area contributed by atoms with E-state index in [4.69, 9.17) is 16.3 Å². The van der Waals surface area contributed by atoms with E-state index in [0.29, 0.717) is 22.2 Å². The van der Waals surface area contributed by atoms with Gasteiger partial charge in [-0.2, -0.15) is 19.6 Å². The van der Waals surface area contributed by atoms with Crippen LogP contribution in [-0.2, 0) is 0 Å². The van der Waals surface area contributed by atoms with Crippen molar-refractivity contribution in [3.05, 3.63) is 17.5 Å². The molecule has 2 fully saturated rings. The van der Waals surface area contributed by atoms with Crippen LogP contribution in [0.25, 0.3) is 5.78 Å². The third-order valence-electron chi connectivity index (χ3n) is 6.16. The third-order valence-corrected chi connectivity index (χ3v) is 6.36. The van der Waals surface area contributed by atoms with Gasteiger partial charge in [0, 0.05) is 11.5 Å². The fraction of sp³-hybridized carbons (Fsp3) is 0.667. The van der Waals surface area contributed by atoms with Crippen LogP contribution in [0.2, 0.25) is 5.15 Å². The average Bonchev–Trinajstić information content (AvgIpc) is 3.01. The molecule has 0 spiro atoms. The summed E-state index contributed by atoms with van der Waals surface area (Å²) in [5.74, 6) is 1.85. The molecule has 2 aromatic heterocycles. The van der Waals surface area contributed by atoms with Gasteiger partial charge in [0.25, 0.3) is 5.78 Å². The smallest absolute Gasteiger partial charge is 0.256 e. The number of hydrogen-bond acceptors (Lipinski definition) is 4. The first kappa shape index (κ1) is 13.3. The molecule has 3 unspecified atom stereocenters. The van der Waals surface area contributed by atoms with E-state index in [1.54, 1.807) is 10.6 Å². The highest BCUT2D eigenvalue weighted by molar-refractivity contribution is 6.29. The molecule has 2 aliphatic rings. The van der Waals surface area contributed by atoms with Crippen LogP contribution >= 0.6 is 11.6 Å². The van der Waals surface area contributed by atoms with Crippen molar-refractivity contribution in [1.82, 2.24) is 19.6 Å². The first-order chi connectivity index (χ1) is 9.92. The maximum atomic E-state index is 6.34. The van der Waals surface area contributed by atoms with Crippen LogP contribution in [0.3, 0.4) is 0 Å². The van der Waals surface area contributed by atoms with Gasteiger partial charge in [-0.05, 0) is 30.6 Å². The van der Waals surface area contributed by atoms with Gasteiger partial charge < -0.3 is 4.74 Å². The molecule has 2 saturated carbocycles. The molecule has 0 N–H and O–H groups in total. The standard InChI is InChI=1S/C15H19ClN4O/c1-14(2)9-4-5-15(14,3)10(6-9)21-12-7-11(16)19-13-17-8-18-20(12)13/h7-10H,4-6H2,1-3H3. The van der Waals surface area contributed by atoms with Crippen molar-refractivity contribution < 1.29 is 4.74 Å². The predicted molar refractivity (Wildman–Crippen MR) is 79.4 cm³/mol. The summed E-state index contributed by atoms with van der Waals surface area (Å²) in [5.41, 5.74) is 0.510. The van der Waals surface area contributed by atoms with E-state index in [1.165, 1.54) is 19.2 Å². The minimum atomic E-state index is 0.192. The van der Waals surface area contributed by atoms with Gasteiger partial charge in [0.2, 0.25) is 5.88 Å². The summed E-state index contributed by atoms with van der Waals surface area (Å²) in [6.07, 6.45) is 5.28. The van der Waals surface area contributed by atoms with Crippen molar-refractivity contribution in [1.29, 1.82) is 0 Å². The molecule has 3 atom stereocenters. The number of fused-ring (bicyclic) bond motifs is 3. The Labute approximate surface area is 128 Å². The molecular weight excluding hydrogens is 288 g/mol. The lowest BCUT2D eigenvalue weighted by molar-refractivity contribution is 0.0258. The zero-order valence-corrected chi connectivity index (χ0v) is 13.3. The second kappa shape index (κ2) is 4.09. The molecular formula is C15H19ClN4O. The van der Waals surface area contributed by atoms with Gasteiger partial charge in [-0.25, -0.2) is 0 Å². The van der Waals surface area contributed by atoms with E-state index in [-0.39, 0.29) is 11.5 Å². The minimum absolute atomic E-state index is 0.192. The number of rotatable bonds is 2. The molecule has 112 valence electrons. The summed E-state index contributed by atoms with van der Waals surface area (Å²) in [6, 6.07) is 1.73. The van der Waals surface area contributed by atoms with Crippen LogP contribution in [0.4, 0.5) is 0 Å². The van der Waals surface area contributed by atoms with Crippen molar-refractivity contribution in [2.75, 3.05) is 0 Å². The normalized spacial score (nSPS) is 33.7. The van der Waals surface area contributed by atoms with Gasteiger partial charge in [-0.1, -0.05) is 32.4 Å². The first-order valence-electron chi connectivity index (χ1n) is 7.45. The lowest BCUT2D eigenvalue weighted by Crippen LogP contribution is -2.39. The van der Waals surface area contributed by atoms with Crippen LogP contribution in [0.15, 0.2) is 12.4 Å². The Balaban J connectivity index is 1.72. The molecule has 0 aromatic carbocycles. The molecule has 2 aromatic rings. The molecule has 0 radical (unpaired) electrons. The zero-order chi connectivity index (χ0) is 14.8. The van der Waals surface area contributed by atoms with Crippen LogP contribution in [-0.4, -0.2) is 25.7 Å². The van der Waals surface area contributed by atoms with E-state index in [9.17, 15) is 0 Å². The molecule has 5 nitrogen and oxygen atoms in total. The van der Waals surface area contributed by atoms with E-state index < -0.39 is 0 Å². The summed E-state index contributed by atoms with van der Waals surface area (Å²) in [5, 5.41) is 4.57. The largest absolute Gasteiger partial charge is 0.474 e. The van der Waals surface area contributed by atoms with Gasteiger partial charge in [-0.3, -0.25) is 0 Å². The second-order valence-electron chi connectivity index (χ2n) is 7.11. The number of halogens is 1. The van der Waals surface area contributed by atoms with Crippen LogP contribution in [0, 0.1) is 16.7 Å². The Morgan fingerprint density at radius 1 is 1.38 bits per heavy atom.